The molecule has 0 saturated carbocycles. The van der Waals surface area contributed by atoms with E-state index in [-0.39, 0.29) is 11.9 Å². The van der Waals surface area contributed by atoms with E-state index in [1.807, 2.05) is 26.0 Å². The summed E-state index contributed by atoms with van der Waals surface area (Å²) in [5.41, 5.74) is 0. The van der Waals surface area contributed by atoms with Crippen molar-refractivity contribution in [1.82, 2.24) is 5.32 Å². The third-order valence-electron chi connectivity index (χ3n) is 2.74. The first-order chi connectivity index (χ1) is 8.58. The molecular weight excluding hydrogens is 230 g/mol. The van der Waals surface area contributed by atoms with Crippen LogP contribution in [0.15, 0.2) is 24.3 Å². The molecule has 0 aliphatic rings. The minimum atomic E-state index is -0.546. The fraction of sp³-hybridized carbons (Fsp3) is 0.500. The standard InChI is InChI=1S/C14H21NO3/c1-5-10(2)15-14(16)11(3)18-13-9-7-6-8-12(13)17-4/h6-11H,5H2,1-4H3,(H,15,16). The SMILES string of the molecule is CCC(C)NC(=O)C(C)Oc1ccccc1OC. The van der Waals surface area contributed by atoms with Crippen molar-refractivity contribution in [3.63, 3.8) is 0 Å². The van der Waals surface area contributed by atoms with Crippen molar-refractivity contribution >= 4 is 5.91 Å². The summed E-state index contributed by atoms with van der Waals surface area (Å²) in [5.74, 6) is 1.09. The van der Waals surface area contributed by atoms with Crippen molar-refractivity contribution in [3.8, 4) is 11.5 Å². The summed E-state index contributed by atoms with van der Waals surface area (Å²) in [4.78, 5) is 11.8. The quantitative estimate of drug-likeness (QED) is 0.844. The van der Waals surface area contributed by atoms with Crippen molar-refractivity contribution in [1.29, 1.82) is 0 Å². The van der Waals surface area contributed by atoms with Crippen LogP contribution in [-0.4, -0.2) is 25.2 Å². The van der Waals surface area contributed by atoms with Crippen LogP contribution in [0.4, 0.5) is 0 Å². The predicted octanol–water partition coefficient (Wildman–Crippen LogP) is 2.38. The number of para-hydroxylation sites is 2. The van der Waals surface area contributed by atoms with Gasteiger partial charge in [0.15, 0.2) is 17.6 Å². The van der Waals surface area contributed by atoms with Gasteiger partial charge in [-0.25, -0.2) is 0 Å². The first-order valence-electron chi connectivity index (χ1n) is 6.18. The maximum atomic E-state index is 11.8. The second kappa shape index (κ2) is 6.89. The van der Waals surface area contributed by atoms with Gasteiger partial charge < -0.3 is 14.8 Å². The van der Waals surface area contributed by atoms with Gasteiger partial charge in [-0.3, -0.25) is 4.79 Å². The molecule has 100 valence electrons. The van der Waals surface area contributed by atoms with Crippen molar-refractivity contribution < 1.29 is 14.3 Å². The van der Waals surface area contributed by atoms with Crippen LogP contribution < -0.4 is 14.8 Å². The lowest BCUT2D eigenvalue weighted by molar-refractivity contribution is -0.127. The van der Waals surface area contributed by atoms with Crippen LogP contribution >= 0.6 is 0 Å². The number of carbonyl (C=O) groups excluding carboxylic acids is 1. The lowest BCUT2D eigenvalue weighted by Crippen LogP contribution is -2.41. The maximum Gasteiger partial charge on any atom is 0.260 e. The van der Waals surface area contributed by atoms with Gasteiger partial charge in [0.1, 0.15) is 0 Å². The molecule has 0 spiro atoms. The molecule has 0 aromatic heterocycles. The van der Waals surface area contributed by atoms with Crippen LogP contribution in [0.25, 0.3) is 0 Å². The minimum Gasteiger partial charge on any atom is -0.493 e. The van der Waals surface area contributed by atoms with Gasteiger partial charge in [0.25, 0.3) is 5.91 Å². The van der Waals surface area contributed by atoms with E-state index in [0.29, 0.717) is 11.5 Å². The van der Waals surface area contributed by atoms with E-state index >= 15 is 0 Å². The van der Waals surface area contributed by atoms with Gasteiger partial charge in [-0.05, 0) is 32.4 Å². The third kappa shape index (κ3) is 3.95. The largest absolute Gasteiger partial charge is 0.493 e. The van der Waals surface area contributed by atoms with Gasteiger partial charge in [0, 0.05) is 6.04 Å². The van der Waals surface area contributed by atoms with E-state index in [1.165, 1.54) is 0 Å². The molecule has 4 heteroatoms. The molecule has 4 nitrogen and oxygen atoms in total. The Labute approximate surface area is 108 Å². The Bertz CT molecular complexity index is 392. The van der Waals surface area contributed by atoms with Gasteiger partial charge in [0.05, 0.1) is 7.11 Å². The van der Waals surface area contributed by atoms with Gasteiger partial charge in [-0.1, -0.05) is 19.1 Å². The van der Waals surface area contributed by atoms with Crippen molar-refractivity contribution in [2.24, 2.45) is 0 Å². The number of amides is 1. The Balaban J connectivity index is 2.63. The van der Waals surface area contributed by atoms with Gasteiger partial charge >= 0.3 is 0 Å². The average Bonchev–Trinajstić information content (AvgIpc) is 2.39. The van der Waals surface area contributed by atoms with E-state index in [1.54, 1.807) is 26.2 Å². The maximum absolute atomic E-state index is 11.8. The van der Waals surface area contributed by atoms with E-state index in [2.05, 4.69) is 5.32 Å². The summed E-state index contributed by atoms with van der Waals surface area (Å²) in [6, 6.07) is 7.44. The lowest BCUT2D eigenvalue weighted by Gasteiger charge is -2.18. The molecule has 1 aromatic carbocycles. The number of hydrogen-bond donors (Lipinski definition) is 1. The Morgan fingerprint density at radius 2 is 1.89 bits per heavy atom. The summed E-state index contributed by atoms with van der Waals surface area (Å²) in [6.07, 6.45) is 0.350. The molecule has 1 aromatic rings. The molecule has 2 atom stereocenters. The number of carbonyl (C=O) groups is 1. The van der Waals surface area contributed by atoms with E-state index in [0.717, 1.165) is 6.42 Å². The van der Waals surface area contributed by atoms with Crippen molar-refractivity contribution in [2.45, 2.75) is 39.3 Å². The van der Waals surface area contributed by atoms with Crippen LogP contribution in [0.1, 0.15) is 27.2 Å². The highest BCUT2D eigenvalue weighted by Gasteiger charge is 2.17. The number of nitrogens with one attached hydrogen (secondary N) is 1. The molecule has 0 saturated heterocycles. The Morgan fingerprint density at radius 3 is 2.44 bits per heavy atom. The fourth-order valence-electron chi connectivity index (χ4n) is 1.42. The predicted molar refractivity (Wildman–Crippen MR) is 71.0 cm³/mol. The van der Waals surface area contributed by atoms with Crippen LogP contribution in [-0.2, 0) is 4.79 Å². The highest BCUT2D eigenvalue weighted by atomic mass is 16.5. The second-order valence-corrected chi connectivity index (χ2v) is 4.23. The monoisotopic (exact) mass is 251 g/mol. The molecule has 0 radical (unpaired) electrons. The number of ether oxygens (including phenoxy) is 2. The molecule has 0 aliphatic carbocycles. The number of hydrogen-bond acceptors (Lipinski definition) is 3. The Kier molecular flexibility index (Phi) is 5.49. The molecule has 1 N–H and O–H groups in total. The normalized spacial score (nSPS) is 13.6. The topological polar surface area (TPSA) is 47.6 Å². The highest BCUT2D eigenvalue weighted by molar-refractivity contribution is 5.81. The second-order valence-electron chi connectivity index (χ2n) is 4.23. The third-order valence-corrected chi connectivity index (χ3v) is 2.74. The minimum absolute atomic E-state index is 0.116. The summed E-state index contributed by atoms with van der Waals surface area (Å²) < 4.78 is 10.8. The van der Waals surface area contributed by atoms with Gasteiger partial charge in [-0.15, -0.1) is 0 Å². The first kappa shape index (κ1) is 14.4. The van der Waals surface area contributed by atoms with Crippen molar-refractivity contribution in [3.05, 3.63) is 24.3 Å². The number of benzene rings is 1. The van der Waals surface area contributed by atoms with Gasteiger partial charge in [-0.2, -0.15) is 0 Å². The summed E-state index contributed by atoms with van der Waals surface area (Å²) in [5, 5.41) is 2.88. The smallest absolute Gasteiger partial charge is 0.260 e. The molecule has 2 unspecified atom stereocenters. The molecule has 0 fully saturated rings. The molecular formula is C14H21NO3. The summed E-state index contributed by atoms with van der Waals surface area (Å²) >= 11 is 0. The molecule has 18 heavy (non-hydrogen) atoms. The highest BCUT2D eigenvalue weighted by Crippen LogP contribution is 2.26. The molecule has 1 amide bonds. The zero-order chi connectivity index (χ0) is 13.5. The molecule has 1 rings (SSSR count). The van der Waals surface area contributed by atoms with Crippen LogP contribution in [0, 0.1) is 0 Å². The van der Waals surface area contributed by atoms with E-state index in [9.17, 15) is 4.79 Å². The van der Waals surface area contributed by atoms with Crippen molar-refractivity contribution in [2.75, 3.05) is 7.11 Å². The number of methoxy groups -OCH3 is 1. The Hall–Kier alpha value is -1.71. The summed E-state index contributed by atoms with van der Waals surface area (Å²) in [7, 11) is 1.58. The Morgan fingerprint density at radius 1 is 1.28 bits per heavy atom. The average molecular weight is 251 g/mol. The zero-order valence-electron chi connectivity index (χ0n) is 11.4. The van der Waals surface area contributed by atoms with Crippen LogP contribution in [0.5, 0.6) is 11.5 Å². The fourth-order valence-corrected chi connectivity index (χ4v) is 1.42. The number of rotatable bonds is 6. The zero-order valence-corrected chi connectivity index (χ0v) is 11.4. The molecule has 0 heterocycles. The first-order valence-corrected chi connectivity index (χ1v) is 6.18. The molecule has 0 aliphatic heterocycles. The van der Waals surface area contributed by atoms with Crippen LogP contribution in [0.3, 0.4) is 0 Å². The van der Waals surface area contributed by atoms with Gasteiger partial charge in [0.2, 0.25) is 0 Å². The van der Waals surface area contributed by atoms with Crippen LogP contribution in [0.2, 0.25) is 0 Å². The summed E-state index contributed by atoms with van der Waals surface area (Å²) in [6.45, 7) is 5.72. The lowest BCUT2D eigenvalue weighted by atomic mass is 10.2. The van der Waals surface area contributed by atoms with E-state index < -0.39 is 6.10 Å². The van der Waals surface area contributed by atoms with E-state index in [4.69, 9.17) is 9.47 Å². The molecule has 0 bridgehead atoms.